The summed E-state index contributed by atoms with van der Waals surface area (Å²) in [6, 6.07) is -0.584. The number of nitro groups is 1. The lowest BCUT2D eigenvalue weighted by atomic mass is 9.88. The molecule has 21 heavy (non-hydrogen) atoms. The Kier molecular flexibility index (Phi) is 4.98. The van der Waals surface area contributed by atoms with Gasteiger partial charge in [-0.2, -0.15) is 4.72 Å². The first-order chi connectivity index (χ1) is 9.36. The van der Waals surface area contributed by atoms with E-state index in [0.717, 1.165) is 6.07 Å². The van der Waals surface area contributed by atoms with E-state index in [0.29, 0.717) is 11.3 Å². The first-order valence-corrected chi connectivity index (χ1v) is 8.23. The van der Waals surface area contributed by atoms with Crippen molar-refractivity contribution in [1.82, 2.24) is 4.72 Å². The summed E-state index contributed by atoms with van der Waals surface area (Å²) in [5.74, 6) is -1.34. The summed E-state index contributed by atoms with van der Waals surface area (Å²) >= 11 is 6.10. The van der Waals surface area contributed by atoms with Gasteiger partial charge in [-0.1, -0.05) is 32.4 Å². The van der Waals surface area contributed by atoms with Crippen LogP contribution in [0.25, 0.3) is 0 Å². The lowest BCUT2D eigenvalue weighted by molar-refractivity contribution is -0.384. The van der Waals surface area contributed by atoms with Crippen molar-refractivity contribution in [3.63, 3.8) is 0 Å². The third kappa shape index (κ3) is 4.13. The molecule has 0 saturated heterocycles. The zero-order chi connectivity index (χ0) is 16.6. The summed E-state index contributed by atoms with van der Waals surface area (Å²) in [6.45, 7) is 4.66. The molecule has 1 aromatic heterocycles. The van der Waals surface area contributed by atoms with E-state index in [9.17, 15) is 23.3 Å². The van der Waals surface area contributed by atoms with Gasteiger partial charge in [0.05, 0.1) is 4.92 Å². The normalized spacial score (nSPS) is 13.9. The van der Waals surface area contributed by atoms with Gasteiger partial charge in [0.15, 0.2) is 4.34 Å². The minimum absolute atomic E-state index is 0.289. The SMILES string of the molecule is CC(C)(C)[C@H](NS(=O)(=O)c1cc([N+](=O)[O-])c(Cl)s1)C(=O)O. The number of thiophene rings is 1. The molecule has 11 heteroatoms. The lowest BCUT2D eigenvalue weighted by Crippen LogP contribution is -2.48. The van der Waals surface area contributed by atoms with Crippen LogP contribution in [-0.4, -0.2) is 30.5 Å². The van der Waals surface area contributed by atoms with E-state index in [1.807, 2.05) is 4.72 Å². The van der Waals surface area contributed by atoms with Gasteiger partial charge < -0.3 is 5.11 Å². The highest BCUT2D eigenvalue weighted by Gasteiger charge is 2.36. The second kappa shape index (κ2) is 5.87. The molecule has 1 atom stereocenters. The van der Waals surface area contributed by atoms with Gasteiger partial charge in [0.2, 0.25) is 0 Å². The molecular weight excluding hydrogens is 344 g/mol. The minimum Gasteiger partial charge on any atom is -0.480 e. The molecule has 0 spiro atoms. The van der Waals surface area contributed by atoms with Crippen LogP contribution in [0.5, 0.6) is 0 Å². The van der Waals surface area contributed by atoms with Crippen molar-refractivity contribution >= 4 is 44.6 Å². The summed E-state index contributed by atoms with van der Waals surface area (Å²) < 4.78 is 25.6. The monoisotopic (exact) mass is 356 g/mol. The fourth-order valence-electron chi connectivity index (χ4n) is 1.41. The van der Waals surface area contributed by atoms with Crippen LogP contribution < -0.4 is 4.72 Å². The number of sulfonamides is 1. The van der Waals surface area contributed by atoms with Crippen molar-refractivity contribution in [3.05, 3.63) is 20.5 Å². The van der Waals surface area contributed by atoms with E-state index < -0.39 is 42.3 Å². The second-order valence-electron chi connectivity index (χ2n) is 5.24. The van der Waals surface area contributed by atoms with Crippen molar-refractivity contribution in [3.8, 4) is 0 Å². The molecule has 8 nitrogen and oxygen atoms in total. The Labute approximate surface area is 129 Å². The van der Waals surface area contributed by atoms with Gasteiger partial charge in [0.25, 0.3) is 15.7 Å². The van der Waals surface area contributed by atoms with Gasteiger partial charge in [-0.15, -0.1) is 11.3 Å². The molecular formula is C10H13ClN2O6S2. The van der Waals surface area contributed by atoms with Crippen LogP contribution in [0.2, 0.25) is 4.34 Å². The largest absolute Gasteiger partial charge is 0.480 e. The van der Waals surface area contributed by atoms with E-state index >= 15 is 0 Å². The number of carboxylic acids is 1. The lowest BCUT2D eigenvalue weighted by Gasteiger charge is -2.27. The van der Waals surface area contributed by atoms with E-state index in [2.05, 4.69) is 0 Å². The molecule has 0 aliphatic rings. The zero-order valence-corrected chi connectivity index (χ0v) is 13.7. The average Bonchev–Trinajstić information content (AvgIpc) is 2.67. The summed E-state index contributed by atoms with van der Waals surface area (Å²) in [5, 5.41) is 19.8. The minimum atomic E-state index is -4.22. The number of nitrogens with zero attached hydrogens (tertiary/aromatic N) is 1. The van der Waals surface area contributed by atoms with Crippen molar-refractivity contribution in [2.45, 2.75) is 31.0 Å². The Balaban J connectivity index is 3.20. The second-order valence-corrected chi connectivity index (χ2v) is 8.84. The van der Waals surface area contributed by atoms with Crippen LogP contribution in [0.15, 0.2) is 10.3 Å². The van der Waals surface area contributed by atoms with Gasteiger partial charge in [-0.3, -0.25) is 14.9 Å². The maximum absolute atomic E-state index is 12.1. The molecule has 0 saturated carbocycles. The van der Waals surface area contributed by atoms with E-state index in [4.69, 9.17) is 16.7 Å². The molecule has 0 aliphatic carbocycles. The molecule has 118 valence electrons. The van der Waals surface area contributed by atoms with Gasteiger partial charge in [0.1, 0.15) is 10.3 Å². The van der Waals surface area contributed by atoms with Crippen molar-refractivity contribution < 1.29 is 23.2 Å². The molecule has 0 unspecified atom stereocenters. The summed E-state index contributed by atoms with van der Waals surface area (Å²) in [4.78, 5) is 21.0. The van der Waals surface area contributed by atoms with Crippen LogP contribution in [0.3, 0.4) is 0 Å². The number of rotatable bonds is 5. The molecule has 1 aromatic rings. The fraction of sp³-hybridized carbons (Fsp3) is 0.500. The van der Waals surface area contributed by atoms with Crippen LogP contribution in [-0.2, 0) is 14.8 Å². The quantitative estimate of drug-likeness (QED) is 0.614. The van der Waals surface area contributed by atoms with Crippen molar-refractivity contribution in [1.29, 1.82) is 0 Å². The van der Waals surface area contributed by atoms with Gasteiger partial charge >= 0.3 is 5.97 Å². The smallest absolute Gasteiger partial charge is 0.322 e. The average molecular weight is 357 g/mol. The van der Waals surface area contributed by atoms with Crippen LogP contribution >= 0.6 is 22.9 Å². The molecule has 1 heterocycles. The van der Waals surface area contributed by atoms with E-state index in [1.165, 1.54) is 0 Å². The number of carbonyl (C=O) groups is 1. The van der Waals surface area contributed by atoms with E-state index in [-0.39, 0.29) is 4.34 Å². The van der Waals surface area contributed by atoms with Gasteiger partial charge in [-0.25, -0.2) is 8.42 Å². The topological polar surface area (TPSA) is 127 Å². The highest BCUT2D eigenvalue weighted by Crippen LogP contribution is 2.36. The number of hydrogen-bond donors (Lipinski definition) is 2. The Morgan fingerprint density at radius 1 is 1.52 bits per heavy atom. The molecule has 0 amide bonds. The molecule has 0 radical (unpaired) electrons. The van der Waals surface area contributed by atoms with Gasteiger partial charge in [0, 0.05) is 6.07 Å². The molecule has 1 rings (SSSR count). The molecule has 0 aromatic carbocycles. The summed E-state index contributed by atoms with van der Waals surface area (Å²) in [6.07, 6.45) is 0. The third-order valence-corrected chi connectivity index (χ3v) is 5.73. The maximum atomic E-state index is 12.1. The summed E-state index contributed by atoms with van der Waals surface area (Å²) in [5.41, 5.74) is -1.42. The number of aliphatic carboxylic acids is 1. The Morgan fingerprint density at radius 3 is 2.38 bits per heavy atom. The van der Waals surface area contributed by atoms with E-state index in [1.54, 1.807) is 20.8 Å². The van der Waals surface area contributed by atoms with Gasteiger partial charge in [-0.05, 0) is 5.41 Å². The first kappa shape index (κ1) is 17.8. The third-order valence-electron chi connectivity index (χ3n) is 2.49. The highest BCUT2D eigenvalue weighted by molar-refractivity contribution is 7.91. The molecule has 0 aliphatic heterocycles. The number of halogens is 1. The van der Waals surface area contributed by atoms with Crippen LogP contribution in [0.1, 0.15) is 20.8 Å². The van der Waals surface area contributed by atoms with Crippen LogP contribution in [0.4, 0.5) is 5.69 Å². The number of hydrogen-bond acceptors (Lipinski definition) is 6. The Bertz CT molecular complexity index is 676. The standard InChI is InChI=1S/C10H13ClN2O6S2/c1-10(2,3)7(9(14)15)12-21(18,19)6-4-5(13(16)17)8(11)20-6/h4,7,12H,1-3H3,(H,14,15)/t7-/m1/s1. The fourth-order valence-corrected chi connectivity index (χ4v) is 4.48. The van der Waals surface area contributed by atoms with Crippen LogP contribution in [0, 0.1) is 15.5 Å². The zero-order valence-electron chi connectivity index (χ0n) is 11.3. The molecule has 0 fully saturated rings. The van der Waals surface area contributed by atoms with Crippen molar-refractivity contribution in [2.75, 3.05) is 0 Å². The van der Waals surface area contributed by atoms with Crippen molar-refractivity contribution in [2.24, 2.45) is 5.41 Å². The molecule has 2 N–H and O–H groups in total. The molecule has 0 bridgehead atoms. The highest BCUT2D eigenvalue weighted by atomic mass is 35.5. The Morgan fingerprint density at radius 2 is 2.05 bits per heavy atom. The number of carboxylic acid groups (broad SMARTS) is 1. The Hall–Kier alpha value is -1.23. The predicted molar refractivity (Wildman–Crippen MR) is 77.2 cm³/mol. The predicted octanol–water partition coefficient (Wildman–Crippen LogP) is 2.09. The number of nitrogens with one attached hydrogen (secondary N) is 1. The summed E-state index contributed by atoms with van der Waals surface area (Å²) in [7, 11) is -4.22. The maximum Gasteiger partial charge on any atom is 0.322 e. The first-order valence-electron chi connectivity index (χ1n) is 5.55.